The Kier molecular flexibility index (Phi) is 2.53. The third-order valence-electron chi connectivity index (χ3n) is 2.09. The van der Waals surface area contributed by atoms with Crippen molar-refractivity contribution in [3.05, 3.63) is 35.8 Å². The largest absolute Gasteiger partial charge is 0.361 e. The topological polar surface area (TPSA) is 15.8 Å². The summed E-state index contributed by atoms with van der Waals surface area (Å²) in [7, 11) is 0. The zero-order chi connectivity index (χ0) is 9.26. The summed E-state index contributed by atoms with van der Waals surface area (Å²) in [6, 6.07) is 4.85. The molecule has 1 heterocycles. The van der Waals surface area contributed by atoms with Gasteiger partial charge in [0.05, 0.1) is 0 Å². The number of nitrogens with one attached hydrogen (secondary N) is 1. The average molecular weight is 289 g/mol. The molecule has 0 bridgehead atoms. The van der Waals surface area contributed by atoms with E-state index in [1.54, 1.807) is 12.1 Å². The van der Waals surface area contributed by atoms with Gasteiger partial charge in [-0.05, 0) is 30.2 Å². The molecule has 0 atom stereocenters. The molecule has 2 aromatic rings. The van der Waals surface area contributed by atoms with Crippen molar-refractivity contribution >= 4 is 33.5 Å². The Balaban J connectivity index is 2.58. The number of hydrogen-bond donors (Lipinski definition) is 1. The summed E-state index contributed by atoms with van der Waals surface area (Å²) in [5.74, 6) is -0.165. The summed E-state index contributed by atoms with van der Waals surface area (Å²) >= 11 is 2.32. The summed E-state index contributed by atoms with van der Waals surface area (Å²) in [6.45, 7) is 0. The van der Waals surface area contributed by atoms with Crippen molar-refractivity contribution in [1.82, 2.24) is 4.98 Å². The molecule has 0 aliphatic heterocycles. The second-order valence-corrected chi connectivity index (χ2v) is 4.02. The highest BCUT2D eigenvalue weighted by Gasteiger charge is 2.03. The van der Waals surface area contributed by atoms with Gasteiger partial charge in [-0.2, -0.15) is 0 Å². The van der Waals surface area contributed by atoms with Crippen molar-refractivity contribution in [1.29, 1.82) is 0 Å². The quantitative estimate of drug-likeness (QED) is 0.645. The fourth-order valence-electron chi connectivity index (χ4n) is 1.46. The minimum absolute atomic E-state index is 0.165. The van der Waals surface area contributed by atoms with Crippen LogP contribution in [0.25, 0.3) is 10.9 Å². The lowest BCUT2D eigenvalue weighted by molar-refractivity contribution is 0.629. The van der Waals surface area contributed by atoms with Gasteiger partial charge < -0.3 is 4.98 Å². The van der Waals surface area contributed by atoms with Crippen molar-refractivity contribution < 1.29 is 4.39 Å². The molecule has 0 fully saturated rings. The fraction of sp³-hybridized carbons (Fsp3) is 0.200. The van der Waals surface area contributed by atoms with E-state index in [0.717, 1.165) is 21.8 Å². The molecule has 0 unspecified atom stereocenters. The molecular formula is C10H9FIN. The number of aromatic amines is 1. The predicted octanol–water partition coefficient (Wildman–Crippen LogP) is 3.28. The van der Waals surface area contributed by atoms with Crippen LogP contribution < -0.4 is 0 Å². The Morgan fingerprint density at radius 1 is 1.38 bits per heavy atom. The van der Waals surface area contributed by atoms with E-state index >= 15 is 0 Å². The predicted molar refractivity (Wildman–Crippen MR) is 60.8 cm³/mol. The van der Waals surface area contributed by atoms with Crippen LogP contribution in [0.4, 0.5) is 4.39 Å². The molecule has 0 spiro atoms. The molecule has 0 saturated heterocycles. The SMILES string of the molecule is Fc1ccc2[nH]cc(CCI)c2c1. The van der Waals surface area contributed by atoms with Gasteiger partial charge in [-0.3, -0.25) is 0 Å². The molecule has 0 aliphatic carbocycles. The van der Waals surface area contributed by atoms with Crippen LogP contribution in [0, 0.1) is 5.82 Å². The monoisotopic (exact) mass is 289 g/mol. The number of halogens is 2. The van der Waals surface area contributed by atoms with E-state index in [1.165, 1.54) is 11.6 Å². The first kappa shape index (κ1) is 8.99. The highest BCUT2D eigenvalue weighted by atomic mass is 127. The highest BCUT2D eigenvalue weighted by molar-refractivity contribution is 14.1. The standard InChI is InChI=1S/C10H9FIN/c11-8-1-2-10-9(5-8)7(3-4-12)6-13-10/h1-2,5-6,13H,3-4H2. The number of aromatic nitrogens is 1. The minimum Gasteiger partial charge on any atom is -0.361 e. The lowest BCUT2D eigenvalue weighted by Crippen LogP contribution is -1.82. The molecule has 68 valence electrons. The molecule has 2 rings (SSSR count). The number of hydrogen-bond acceptors (Lipinski definition) is 0. The molecule has 1 aromatic carbocycles. The van der Waals surface area contributed by atoms with Crippen molar-refractivity contribution in [3.8, 4) is 0 Å². The van der Waals surface area contributed by atoms with Crippen molar-refractivity contribution in [2.75, 3.05) is 4.43 Å². The molecule has 1 nitrogen and oxygen atoms in total. The number of H-pyrrole nitrogens is 1. The Hall–Kier alpha value is -0.580. The third kappa shape index (κ3) is 1.70. The van der Waals surface area contributed by atoms with Crippen LogP contribution in [-0.4, -0.2) is 9.41 Å². The first-order valence-electron chi connectivity index (χ1n) is 4.13. The molecule has 13 heavy (non-hydrogen) atoms. The summed E-state index contributed by atoms with van der Waals surface area (Å²) in [5, 5.41) is 1.01. The van der Waals surface area contributed by atoms with Gasteiger partial charge in [-0.1, -0.05) is 22.6 Å². The van der Waals surface area contributed by atoms with Crippen molar-refractivity contribution in [2.45, 2.75) is 6.42 Å². The maximum atomic E-state index is 12.9. The Morgan fingerprint density at radius 2 is 2.23 bits per heavy atom. The maximum absolute atomic E-state index is 12.9. The number of benzene rings is 1. The molecule has 0 saturated carbocycles. The Labute approximate surface area is 89.5 Å². The molecule has 3 heteroatoms. The zero-order valence-electron chi connectivity index (χ0n) is 6.98. The van der Waals surface area contributed by atoms with Gasteiger partial charge in [0.1, 0.15) is 5.82 Å². The van der Waals surface area contributed by atoms with Crippen LogP contribution in [0.15, 0.2) is 24.4 Å². The van der Waals surface area contributed by atoms with E-state index in [0.29, 0.717) is 0 Å². The molecule has 1 aromatic heterocycles. The smallest absolute Gasteiger partial charge is 0.123 e. The molecule has 0 radical (unpaired) electrons. The fourth-order valence-corrected chi connectivity index (χ4v) is 2.04. The van der Waals surface area contributed by atoms with Gasteiger partial charge in [0, 0.05) is 21.5 Å². The Bertz CT molecular complexity index is 422. The summed E-state index contributed by atoms with van der Waals surface area (Å²) in [6.07, 6.45) is 2.95. The van der Waals surface area contributed by atoms with E-state index in [2.05, 4.69) is 27.6 Å². The number of alkyl halides is 1. The zero-order valence-corrected chi connectivity index (χ0v) is 9.14. The van der Waals surface area contributed by atoms with Gasteiger partial charge in [0.25, 0.3) is 0 Å². The van der Waals surface area contributed by atoms with Gasteiger partial charge in [0.2, 0.25) is 0 Å². The molecular weight excluding hydrogens is 280 g/mol. The van der Waals surface area contributed by atoms with E-state index in [9.17, 15) is 4.39 Å². The summed E-state index contributed by atoms with van der Waals surface area (Å²) in [5.41, 5.74) is 2.21. The van der Waals surface area contributed by atoms with Gasteiger partial charge >= 0.3 is 0 Å². The van der Waals surface area contributed by atoms with Gasteiger partial charge in [-0.25, -0.2) is 4.39 Å². The van der Waals surface area contributed by atoms with Crippen LogP contribution in [0.5, 0.6) is 0 Å². The molecule has 0 amide bonds. The second-order valence-electron chi connectivity index (χ2n) is 2.94. The Morgan fingerprint density at radius 3 is 3.00 bits per heavy atom. The van der Waals surface area contributed by atoms with Crippen molar-refractivity contribution in [3.63, 3.8) is 0 Å². The molecule has 0 aliphatic rings. The summed E-state index contributed by atoms with van der Waals surface area (Å²) in [4.78, 5) is 3.13. The van der Waals surface area contributed by atoms with E-state index in [-0.39, 0.29) is 5.82 Å². The maximum Gasteiger partial charge on any atom is 0.123 e. The normalized spacial score (nSPS) is 10.9. The van der Waals surface area contributed by atoms with Crippen LogP contribution >= 0.6 is 22.6 Å². The minimum atomic E-state index is -0.165. The van der Waals surface area contributed by atoms with Gasteiger partial charge in [-0.15, -0.1) is 0 Å². The summed E-state index contributed by atoms with van der Waals surface area (Å²) < 4.78 is 14.0. The van der Waals surface area contributed by atoms with E-state index in [4.69, 9.17) is 0 Å². The average Bonchev–Trinajstić information content (AvgIpc) is 2.49. The first-order chi connectivity index (χ1) is 6.31. The number of fused-ring (bicyclic) bond motifs is 1. The van der Waals surface area contributed by atoms with E-state index < -0.39 is 0 Å². The van der Waals surface area contributed by atoms with Crippen LogP contribution in [-0.2, 0) is 6.42 Å². The lowest BCUT2D eigenvalue weighted by atomic mass is 10.1. The van der Waals surface area contributed by atoms with Crippen LogP contribution in [0.1, 0.15) is 5.56 Å². The van der Waals surface area contributed by atoms with Crippen LogP contribution in [0.2, 0.25) is 0 Å². The number of aryl methyl sites for hydroxylation is 1. The lowest BCUT2D eigenvalue weighted by Gasteiger charge is -1.94. The van der Waals surface area contributed by atoms with Crippen molar-refractivity contribution in [2.24, 2.45) is 0 Å². The van der Waals surface area contributed by atoms with Crippen LogP contribution in [0.3, 0.4) is 0 Å². The second kappa shape index (κ2) is 3.65. The molecule has 1 N–H and O–H groups in total. The highest BCUT2D eigenvalue weighted by Crippen LogP contribution is 2.20. The number of rotatable bonds is 2. The first-order valence-corrected chi connectivity index (χ1v) is 5.65. The third-order valence-corrected chi connectivity index (χ3v) is 2.63. The van der Waals surface area contributed by atoms with Gasteiger partial charge in [0.15, 0.2) is 0 Å². The van der Waals surface area contributed by atoms with E-state index in [1.807, 2.05) is 6.20 Å².